The molecule has 0 amide bonds. The normalized spacial score (nSPS) is 12.9. The number of benzene rings is 1. The minimum atomic E-state index is 0.621. The first-order chi connectivity index (χ1) is 7.06. The Bertz CT molecular complexity index is 339. The molecule has 0 fully saturated rings. The second-order valence-electron chi connectivity index (χ2n) is 4.54. The molecule has 15 heavy (non-hydrogen) atoms. The summed E-state index contributed by atoms with van der Waals surface area (Å²) >= 11 is 0. The van der Waals surface area contributed by atoms with Gasteiger partial charge >= 0.3 is 0 Å². The Kier molecular flexibility index (Phi) is 4.14. The fourth-order valence-electron chi connectivity index (χ4n) is 1.63. The predicted octanol–water partition coefficient (Wildman–Crippen LogP) is 5.01. The summed E-state index contributed by atoms with van der Waals surface area (Å²) in [7, 11) is 0. The van der Waals surface area contributed by atoms with Gasteiger partial charge in [0.2, 0.25) is 0 Å². The summed E-state index contributed by atoms with van der Waals surface area (Å²) in [5.41, 5.74) is 5.68. The Hall–Kier alpha value is -1.04. The van der Waals surface area contributed by atoms with Crippen molar-refractivity contribution in [1.29, 1.82) is 0 Å². The summed E-state index contributed by atoms with van der Waals surface area (Å²) in [6, 6.07) is 8.96. The van der Waals surface area contributed by atoms with E-state index in [9.17, 15) is 0 Å². The SMILES string of the molecule is CC/C(C)=C(/C)c1ccc(C(C)C)cc1. The lowest BCUT2D eigenvalue weighted by Gasteiger charge is -2.09. The van der Waals surface area contributed by atoms with Gasteiger partial charge in [-0.2, -0.15) is 0 Å². The van der Waals surface area contributed by atoms with Gasteiger partial charge in [-0.1, -0.05) is 50.6 Å². The quantitative estimate of drug-likeness (QED) is 0.646. The fraction of sp³-hybridized carbons (Fsp3) is 0.467. The van der Waals surface area contributed by atoms with Crippen molar-refractivity contribution in [1.82, 2.24) is 0 Å². The Balaban J connectivity index is 2.99. The molecule has 0 aromatic heterocycles. The lowest BCUT2D eigenvalue weighted by molar-refractivity contribution is 0.866. The molecule has 0 aliphatic rings. The van der Waals surface area contributed by atoms with Crippen molar-refractivity contribution in [2.45, 2.75) is 47.0 Å². The summed E-state index contributed by atoms with van der Waals surface area (Å²) in [6.07, 6.45) is 1.14. The molecule has 0 bridgehead atoms. The first kappa shape index (κ1) is 12.0. The molecule has 0 spiro atoms. The zero-order valence-corrected chi connectivity index (χ0v) is 10.6. The van der Waals surface area contributed by atoms with Crippen LogP contribution < -0.4 is 0 Å². The molecule has 0 aliphatic heterocycles. The van der Waals surface area contributed by atoms with E-state index in [1.54, 1.807) is 0 Å². The third kappa shape index (κ3) is 2.95. The van der Waals surface area contributed by atoms with E-state index < -0.39 is 0 Å². The molecule has 0 heteroatoms. The van der Waals surface area contributed by atoms with Crippen molar-refractivity contribution in [3.63, 3.8) is 0 Å². The lowest BCUT2D eigenvalue weighted by atomic mass is 9.97. The molecular weight excluding hydrogens is 180 g/mol. The summed E-state index contributed by atoms with van der Waals surface area (Å²) in [5.74, 6) is 0.621. The number of allylic oxidation sites excluding steroid dienone is 2. The van der Waals surface area contributed by atoms with Crippen molar-refractivity contribution in [2.75, 3.05) is 0 Å². The highest BCUT2D eigenvalue weighted by atomic mass is 14.1. The van der Waals surface area contributed by atoms with E-state index in [0.717, 1.165) is 6.42 Å². The molecule has 0 atom stereocenters. The van der Waals surface area contributed by atoms with Crippen LogP contribution in [0.4, 0.5) is 0 Å². The van der Waals surface area contributed by atoms with Crippen LogP contribution in [0.15, 0.2) is 29.8 Å². The van der Waals surface area contributed by atoms with E-state index in [1.165, 1.54) is 22.3 Å². The average molecular weight is 202 g/mol. The monoisotopic (exact) mass is 202 g/mol. The molecule has 0 unspecified atom stereocenters. The van der Waals surface area contributed by atoms with E-state index in [0.29, 0.717) is 5.92 Å². The standard InChI is InChI=1S/C15H22/c1-6-12(4)13(5)15-9-7-14(8-10-15)11(2)3/h7-11H,6H2,1-5H3/b13-12-. The Labute approximate surface area is 94.0 Å². The minimum Gasteiger partial charge on any atom is -0.0701 e. The Morgan fingerprint density at radius 3 is 2.00 bits per heavy atom. The Morgan fingerprint density at radius 2 is 1.60 bits per heavy atom. The molecule has 1 rings (SSSR count). The summed E-state index contributed by atoms with van der Waals surface area (Å²) in [4.78, 5) is 0. The second-order valence-corrected chi connectivity index (χ2v) is 4.54. The zero-order valence-electron chi connectivity index (χ0n) is 10.6. The van der Waals surface area contributed by atoms with Gasteiger partial charge < -0.3 is 0 Å². The molecule has 0 saturated carbocycles. The molecule has 0 nitrogen and oxygen atoms in total. The number of hydrogen-bond donors (Lipinski definition) is 0. The molecule has 1 aromatic rings. The molecule has 82 valence electrons. The van der Waals surface area contributed by atoms with Gasteiger partial charge in [0.05, 0.1) is 0 Å². The second kappa shape index (κ2) is 5.16. The predicted molar refractivity (Wildman–Crippen MR) is 69.1 cm³/mol. The van der Waals surface area contributed by atoms with Gasteiger partial charge in [0.1, 0.15) is 0 Å². The minimum absolute atomic E-state index is 0.621. The largest absolute Gasteiger partial charge is 0.0701 e. The fourth-order valence-corrected chi connectivity index (χ4v) is 1.63. The summed E-state index contributed by atoms with van der Waals surface area (Å²) in [5, 5.41) is 0. The van der Waals surface area contributed by atoms with E-state index in [-0.39, 0.29) is 0 Å². The maximum Gasteiger partial charge on any atom is -0.0219 e. The lowest BCUT2D eigenvalue weighted by Crippen LogP contribution is -1.89. The van der Waals surface area contributed by atoms with Crippen LogP contribution in [0.3, 0.4) is 0 Å². The molecule has 0 heterocycles. The third-order valence-corrected chi connectivity index (χ3v) is 3.18. The highest BCUT2D eigenvalue weighted by Crippen LogP contribution is 2.22. The van der Waals surface area contributed by atoms with Crippen molar-refractivity contribution >= 4 is 5.57 Å². The summed E-state index contributed by atoms with van der Waals surface area (Å²) in [6.45, 7) is 11.1. The average Bonchev–Trinajstić information content (AvgIpc) is 2.27. The van der Waals surface area contributed by atoms with Gasteiger partial charge in [-0.15, -0.1) is 0 Å². The topological polar surface area (TPSA) is 0 Å². The molecule has 0 aliphatic carbocycles. The molecule has 1 aromatic carbocycles. The van der Waals surface area contributed by atoms with E-state index >= 15 is 0 Å². The van der Waals surface area contributed by atoms with Crippen LogP contribution in [0.5, 0.6) is 0 Å². The van der Waals surface area contributed by atoms with Crippen LogP contribution in [0, 0.1) is 0 Å². The molecule has 0 saturated heterocycles. The van der Waals surface area contributed by atoms with Crippen molar-refractivity contribution in [2.24, 2.45) is 0 Å². The molecule has 0 N–H and O–H groups in total. The molecule has 0 radical (unpaired) electrons. The van der Waals surface area contributed by atoms with Gasteiger partial charge in [-0.3, -0.25) is 0 Å². The van der Waals surface area contributed by atoms with E-state index in [2.05, 4.69) is 58.9 Å². The Morgan fingerprint density at radius 1 is 1.07 bits per heavy atom. The van der Waals surface area contributed by atoms with Gasteiger partial charge in [0.15, 0.2) is 0 Å². The number of rotatable bonds is 3. The maximum atomic E-state index is 2.24. The van der Waals surface area contributed by atoms with Gasteiger partial charge in [-0.05, 0) is 42.9 Å². The van der Waals surface area contributed by atoms with Gasteiger partial charge in [0.25, 0.3) is 0 Å². The van der Waals surface area contributed by atoms with Crippen molar-refractivity contribution < 1.29 is 0 Å². The van der Waals surface area contributed by atoms with Crippen LogP contribution in [0.25, 0.3) is 5.57 Å². The van der Waals surface area contributed by atoms with Crippen LogP contribution in [0.1, 0.15) is 58.1 Å². The van der Waals surface area contributed by atoms with Crippen LogP contribution in [-0.2, 0) is 0 Å². The van der Waals surface area contributed by atoms with Crippen LogP contribution in [-0.4, -0.2) is 0 Å². The van der Waals surface area contributed by atoms with Crippen molar-refractivity contribution in [3.8, 4) is 0 Å². The smallest absolute Gasteiger partial charge is 0.0219 e. The zero-order chi connectivity index (χ0) is 11.4. The maximum absolute atomic E-state index is 2.24. The highest BCUT2D eigenvalue weighted by Gasteiger charge is 2.01. The third-order valence-electron chi connectivity index (χ3n) is 3.18. The van der Waals surface area contributed by atoms with Crippen LogP contribution >= 0.6 is 0 Å². The van der Waals surface area contributed by atoms with Crippen molar-refractivity contribution in [3.05, 3.63) is 41.0 Å². The first-order valence-electron chi connectivity index (χ1n) is 5.83. The highest BCUT2D eigenvalue weighted by molar-refractivity contribution is 5.66. The first-order valence-corrected chi connectivity index (χ1v) is 5.83. The van der Waals surface area contributed by atoms with Crippen LogP contribution in [0.2, 0.25) is 0 Å². The molecular formula is C15H22. The van der Waals surface area contributed by atoms with E-state index in [1.807, 2.05) is 0 Å². The number of hydrogen-bond acceptors (Lipinski definition) is 0. The van der Waals surface area contributed by atoms with Gasteiger partial charge in [0, 0.05) is 0 Å². The van der Waals surface area contributed by atoms with Gasteiger partial charge in [-0.25, -0.2) is 0 Å². The van der Waals surface area contributed by atoms with E-state index in [4.69, 9.17) is 0 Å². The summed E-state index contributed by atoms with van der Waals surface area (Å²) < 4.78 is 0.